The Morgan fingerprint density at radius 3 is 2.94 bits per heavy atom. The van der Waals surface area contributed by atoms with E-state index in [-0.39, 0.29) is 5.91 Å². The SMILES string of the molecule is CCCCC(=O)N1CCS(=O)c2ccccc21. The van der Waals surface area contributed by atoms with Gasteiger partial charge in [-0.25, -0.2) is 0 Å². The van der Waals surface area contributed by atoms with Gasteiger partial charge in [0.15, 0.2) is 0 Å². The van der Waals surface area contributed by atoms with Gasteiger partial charge in [-0.05, 0) is 18.6 Å². The van der Waals surface area contributed by atoms with Crippen LogP contribution in [0.4, 0.5) is 5.69 Å². The van der Waals surface area contributed by atoms with Crippen molar-refractivity contribution in [2.24, 2.45) is 0 Å². The van der Waals surface area contributed by atoms with Crippen LogP contribution < -0.4 is 4.90 Å². The molecule has 0 aromatic heterocycles. The number of hydrogen-bond donors (Lipinski definition) is 0. The van der Waals surface area contributed by atoms with Gasteiger partial charge in [-0.3, -0.25) is 9.00 Å². The zero-order valence-corrected chi connectivity index (χ0v) is 10.8. The predicted molar refractivity (Wildman–Crippen MR) is 69.6 cm³/mol. The molecule has 1 aromatic carbocycles. The molecule has 1 atom stereocenters. The Bertz CT molecular complexity index is 445. The Hall–Kier alpha value is -1.16. The lowest BCUT2D eigenvalue weighted by molar-refractivity contribution is -0.118. The zero-order chi connectivity index (χ0) is 12.3. The van der Waals surface area contributed by atoms with E-state index in [1.807, 2.05) is 24.3 Å². The third kappa shape index (κ3) is 2.57. The van der Waals surface area contributed by atoms with Crippen molar-refractivity contribution in [2.45, 2.75) is 31.1 Å². The van der Waals surface area contributed by atoms with Crippen molar-refractivity contribution in [3.63, 3.8) is 0 Å². The minimum atomic E-state index is -0.952. The third-order valence-corrected chi connectivity index (χ3v) is 4.34. The molecular formula is C13H17NO2S. The molecule has 1 heterocycles. The van der Waals surface area contributed by atoms with Gasteiger partial charge in [-0.15, -0.1) is 0 Å². The maximum absolute atomic E-state index is 12.1. The van der Waals surface area contributed by atoms with E-state index in [2.05, 4.69) is 6.92 Å². The lowest BCUT2D eigenvalue weighted by atomic mass is 10.2. The number of anilines is 1. The standard InChI is InChI=1S/C13H17NO2S/c1-2-3-8-13(15)14-9-10-17(16)12-7-5-4-6-11(12)14/h4-7H,2-3,8-10H2,1H3. The summed E-state index contributed by atoms with van der Waals surface area (Å²) in [6.07, 6.45) is 2.52. The van der Waals surface area contributed by atoms with Gasteiger partial charge < -0.3 is 4.90 Å². The summed E-state index contributed by atoms with van der Waals surface area (Å²) < 4.78 is 11.8. The molecule has 17 heavy (non-hydrogen) atoms. The van der Waals surface area contributed by atoms with E-state index < -0.39 is 10.8 Å². The van der Waals surface area contributed by atoms with Crippen molar-refractivity contribution in [1.82, 2.24) is 0 Å². The Balaban J connectivity index is 2.24. The number of amides is 1. The first-order valence-electron chi connectivity index (χ1n) is 6.02. The van der Waals surface area contributed by atoms with Crippen molar-refractivity contribution in [1.29, 1.82) is 0 Å². The van der Waals surface area contributed by atoms with Crippen LogP contribution in [0.5, 0.6) is 0 Å². The van der Waals surface area contributed by atoms with Gasteiger partial charge in [0.1, 0.15) is 0 Å². The van der Waals surface area contributed by atoms with Gasteiger partial charge in [-0.2, -0.15) is 0 Å². The fourth-order valence-electron chi connectivity index (χ4n) is 2.00. The largest absolute Gasteiger partial charge is 0.310 e. The van der Waals surface area contributed by atoms with Crippen LogP contribution in [0.25, 0.3) is 0 Å². The molecule has 4 heteroatoms. The Labute approximate surface area is 104 Å². The van der Waals surface area contributed by atoms with E-state index in [4.69, 9.17) is 0 Å². The minimum absolute atomic E-state index is 0.149. The second kappa shape index (κ2) is 5.45. The predicted octanol–water partition coefficient (Wildman–Crippen LogP) is 2.33. The smallest absolute Gasteiger partial charge is 0.227 e. The van der Waals surface area contributed by atoms with Crippen LogP contribution in [0.3, 0.4) is 0 Å². The number of hydrogen-bond acceptors (Lipinski definition) is 2. The molecule has 1 aromatic rings. The van der Waals surface area contributed by atoms with Gasteiger partial charge in [0.2, 0.25) is 5.91 Å². The fraction of sp³-hybridized carbons (Fsp3) is 0.462. The van der Waals surface area contributed by atoms with Gasteiger partial charge >= 0.3 is 0 Å². The number of rotatable bonds is 3. The summed E-state index contributed by atoms with van der Waals surface area (Å²) in [5.74, 6) is 0.700. The molecule has 1 aliphatic rings. The molecule has 3 nitrogen and oxygen atoms in total. The maximum Gasteiger partial charge on any atom is 0.227 e. The highest BCUT2D eigenvalue weighted by molar-refractivity contribution is 7.85. The van der Waals surface area contributed by atoms with Crippen LogP contribution in [-0.2, 0) is 15.6 Å². The van der Waals surface area contributed by atoms with Crippen LogP contribution >= 0.6 is 0 Å². The van der Waals surface area contributed by atoms with Crippen LogP contribution in [0.15, 0.2) is 29.2 Å². The summed E-state index contributed by atoms with van der Waals surface area (Å²) in [6.45, 7) is 2.65. The molecular weight excluding hydrogens is 234 g/mol. The van der Waals surface area contributed by atoms with Crippen molar-refractivity contribution >= 4 is 22.4 Å². The molecule has 0 aliphatic carbocycles. The second-order valence-corrected chi connectivity index (χ2v) is 5.71. The van der Waals surface area contributed by atoms with Crippen LogP contribution in [0, 0.1) is 0 Å². The molecule has 0 bridgehead atoms. The monoisotopic (exact) mass is 251 g/mol. The normalized spacial score (nSPS) is 18.9. The Kier molecular flexibility index (Phi) is 3.94. The van der Waals surface area contributed by atoms with E-state index in [1.165, 1.54) is 0 Å². The molecule has 1 amide bonds. The highest BCUT2D eigenvalue weighted by Crippen LogP contribution is 2.28. The number of carbonyl (C=O) groups excluding carboxylic acids is 1. The maximum atomic E-state index is 12.1. The summed E-state index contributed by atoms with van der Waals surface area (Å²) >= 11 is 0. The Morgan fingerprint density at radius 1 is 1.41 bits per heavy atom. The molecule has 0 radical (unpaired) electrons. The molecule has 2 rings (SSSR count). The van der Waals surface area contributed by atoms with Gasteiger partial charge in [0.25, 0.3) is 0 Å². The highest BCUT2D eigenvalue weighted by atomic mass is 32.2. The quantitative estimate of drug-likeness (QED) is 0.827. The first kappa shape index (κ1) is 12.3. The van der Waals surface area contributed by atoms with E-state index in [0.717, 1.165) is 23.4 Å². The fourth-order valence-corrected chi connectivity index (χ4v) is 3.21. The summed E-state index contributed by atoms with van der Waals surface area (Å²) in [4.78, 5) is 14.6. The Morgan fingerprint density at radius 2 is 2.18 bits per heavy atom. The van der Waals surface area contributed by atoms with E-state index in [9.17, 15) is 9.00 Å². The molecule has 0 spiro atoms. The van der Waals surface area contributed by atoms with Gasteiger partial charge in [0.05, 0.1) is 21.4 Å². The van der Waals surface area contributed by atoms with Crippen molar-refractivity contribution in [2.75, 3.05) is 17.2 Å². The topological polar surface area (TPSA) is 37.4 Å². The van der Waals surface area contributed by atoms with E-state index in [1.54, 1.807) is 4.90 Å². The lowest BCUT2D eigenvalue weighted by Crippen LogP contribution is -2.38. The molecule has 0 saturated heterocycles. The molecule has 1 unspecified atom stereocenters. The highest BCUT2D eigenvalue weighted by Gasteiger charge is 2.25. The number of unbranched alkanes of at least 4 members (excludes halogenated alkanes) is 1. The zero-order valence-electron chi connectivity index (χ0n) is 10.0. The number of carbonyl (C=O) groups is 1. The lowest BCUT2D eigenvalue weighted by Gasteiger charge is -2.28. The first-order chi connectivity index (χ1) is 8.24. The summed E-state index contributed by atoms with van der Waals surface area (Å²) in [5, 5.41) is 0. The molecule has 0 N–H and O–H groups in total. The average molecular weight is 251 g/mol. The van der Waals surface area contributed by atoms with Gasteiger partial charge in [-0.1, -0.05) is 25.5 Å². The number of para-hydroxylation sites is 1. The third-order valence-electron chi connectivity index (χ3n) is 2.95. The average Bonchev–Trinajstić information content (AvgIpc) is 2.37. The van der Waals surface area contributed by atoms with Gasteiger partial charge in [0, 0.05) is 18.7 Å². The molecule has 0 saturated carbocycles. The van der Waals surface area contributed by atoms with E-state index in [0.29, 0.717) is 18.7 Å². The molecule has 0 fully saturated rings. The summed E-state index contributed by atoms with van der Waals surface area (Å²) in [7, 11) is -0.952. The molecule has 92 valence electrons. The number of fused-ring (bicyclic) bond motifs is 1. The van der Waals surface area contributed by atoms with Crippen molar-refractivity contribution in [3.05, 3.63) is 24.3 Å². The van der Waals surface area contributed by atoms with Crippen LogP contribution in [0.1, 0.15) is 26.2 Å². The number of benzene rings is 1. The van der Waals surface area contributed by atoms with E-state index >= 15 is 0 Å². The number of nitrogens with zero attached hydrogens (tertiary/aromatic N) is 1. The van der Waals surface area contributed by atoms with Crippen molar-refractivity contribution < 1.29 is 9.00 Å². The second-order valence-electron chi connectivity index (χ2n) is 4.17. The minimum Gasteiger partial charge on any atom is -0.310 e. The first-order valence-corrected chi connectivity index (χ1v) is 7.33. The van der Waals surface area contributed by atoms with Crippen molar-refractivity contribution in [3.8, 4) is 0 Å². The van der Waals surface area contributed by atoms with Crippen LogP contribution in [0.2, 0.25) is 0 Å². The molecule has 1 aliphatic heterocycles. The summed E-state index contributed by atoms with van der Waals surface area (Å²) in [5.41, 5.74) is 0.832. The van der Waals surface area contributed by atoms with Crippen LogP contribution in [-0.4, -0.2) is 22.4 Å². The summed E-state index contributed by atoms with van der Waals surface area (Å²) in [6, 6.07) is 7.50.